The van der Waals surface area contributed by atoms with Gasteiger partial charge in [0.2, 0.25) is 23.6 Å². The fourth-order valence-corrected chi connectivity index (χ4v) is 8.41. The second-order valence-corrected chi connectivity index (χ2v) is 14.6. The van der Waals surface area contributed by atoms with Crippen LogP contribution in [0.4, 0.5) is 11.5 Å². The predicted molar refractivity (Wildman–Crippen MR) is 204 cm³/mol. The van der Waals surface area contributed by atoms with Crippen molar-refractivity contribution in [3.63, 3.8) is 0 Å². The number of pyridine rings is 1. The molecule has 1 aliphatic carbocycles. The van der Waals surface area contributed by atoms with Gasteiger partial charge in [0.05, 0.1) is 10.8 Å². The van der Waals surface area contributed by atoms with Crippen LogP contribution in [0.3, 0.4) is 0 Å². The highest BCUT2D eigenvalue weighted by Crippen LogP contribution is 2.47. The third kappa shape index (κ3) is 6.94. The van der Waals surface area contributed by atoms with Crippen molar-refractivity contribution in [3.05, 3.63) is 125 Å². The average Bonchev–Trinajstić information content (AvgIpc) is 3.70. The highest BCUT2D eigenvalue weighted by atomic mass is 16.2. The Morgan fingerprint density at radius 1 is 0.943 bits per heavy atom. The zero-order valence-corrected chi connectivity index (χ0v) is 30.4. The summed E-state index contributed by atoms with van der Waals surface area (Å²) in [6, 6.07) is 26.1. The second-order valence-electron chi connectivity index (χ2n) is 14.6. The number of hydrogen-bond acceptors (Lipinski definition) is 7. The van der Waals surface area contributed by atoms with Gasteiger partial charge < -0.3 is 31.5 Å². The number of benzene rings is 3. The molecule has 5 N–H and O–H groups in total. The standard InChI is InChI=1S/C42H47N7O4/c1-3-41(17-20-48(21-18-41)38(51)36(43)28-10-5-4-6-11-28)40(53)49(26-31-13-8-7-12-30(31)25-44-2)27-35(50)46-33-16-15-29-23-42(24-32(29)22-33)34-14-9-19-45-37(34)47-39(42)52/h4-16,19,22,36,44H,3,17-18,20-21,23-27,43H2,1-2H3,(H,46,50)(H,45,47,52)/t36-,42-/m1/s1. The number of carbonyl (C=O) groups excluding carboxylic acids is 4. The van der Waals surface area contributed by atoms with E-state index in [9.17, 15) is 19.2 Å². The molecule has 4 amide bonds. The molecule has 0 bridgehead atoms. The summed E-state index contributed by atoms with van der Waals surface area (Å²) < 4.78 is 0. The Balaban J connectivity index is 1.08. The first-order valence-electron chi connectivity index (χ1n) is 18.4. The third-order valence-electron chi connectivity index (χ3n) is 11.5. The normalized spacial score (nSPS) is 18.9. The largest absolute Gasteiger partial charge is 0.341 e. The number of fused-ring (bicyclic) bond motifs is 3. The molecule has 3 aliphatic rings. The van der Waals surface area contributed by atoms with Crippen molar-refractivity contribution in [3.8, 4) is 0 Å². The molecule has 0 saturated carbocycles. The van der Waals surface area contributed by atoms with Crippen LogP contribution >= 0.6 is 0 Å². The SMILES string of the molecule is CCC1(C(=O)N(CC(=O)Nc2ccc3c(c2)C[C@@]2(C3)C(=O)Nc3ncccc32)Cc2ccccc2CNC)CCN(C(=O)[C@H](N)c2ccccc2)CC1. The molecule has 2 atom stereocenters. The molecule has 1 saturated heterocycles. The van der Waals surface area contributed by atoms with E-state index in [4.69, 9.17) is 5.73 Å². The average molecular weight is 714 g/mol. The monoisotopic (exact) mass is 713 g/mol. The van der Waals surface area contributed by atoms with Crippen LogP contribution in [-0.2, 0) is 50.5 Å². The number of rotatable bonds is 11. The molecule has 0 unspecified atom stereocenters. The lowest BCUT2D eigenvalue weighted by Gasteiger charge is -2.43. The fraction of sp³-hybridized carbons (Fsp3) is 0.357. The lowest BCUT2D eigenvalue weighted by molar-refractivity contribution is -0.150. The van der Waals surface area contributed by atoms with Crippen LogP contribution in [0.25, 0.3) is 0 Å². The van der Waals surface area contributed by atoms with Gasteiger partial charge in [-0.05, 0) is 85.2 Å². The Bertz CT molecular complexity index is 2030. The van der Waals surface area contributed by atoms with Gasteiger partial charge in [-0.1, -0.05) is 73.7 Å². The van der Waals surface area contributed by atoms with E-state index in [-0.39, 0.29) is 36.7 Å². The molecule has 3 aromatic carbocycles. The summed E-state index contributed by atoms with van der Waals surface area (Å²) in [5.74, 6) is 0.0000759. The molecule has 2 aliphatic heterocycles. The number of aromatic nitrogens is 1. The minimum absolute atomic E-state index is 0.0558. The predicted octanol–water partition coefficient (Wildman–Crippen LogP) is 4.48. The number of nitrogens with one attached hydrogen (secondary N) is 3. The van der Waals surface area contributed by atoms with Crippen LogP contribution in [0.1, 0.15) is 65.6 Å². The summed E-state index contributed by atoms with van der Waals surface area (Å²) in [6.07, 6.45) is 4.29. The van der Waals surface area contributed by atoms with Gasteiger partial charge in [-0.25, -0.2) is 4.98 Å². The molecule has 1 fully saturated rings. The van der Waals surface area contributed by atoms with Gasteiger partial charge >= 0.3 is 0 Å². The van der Waals surface area contributed by atoms with Crippen LogP contribution in [0.15, 0.2) is 91.1 Å². The van der Waals surface area contributed by atoms with Gasteiger partial charge in [0.1, 0.15) is 18.4 Å². The molecule has 11 nitrogen and oxygen atoms in total. The Morgan fingerprint density at radius 2 is 1.66 bits per heavy atom. The van der Waals surface area contributed by atoms with E-state index >= 15 is 0 Å². The van der Waals surface area contributed by atoms with E-state index < -0.39 is 16.9 Å². The number of anilines is 2. The van der Waals surface area contributed by atoms with Crippen LogP contribution in [0.5, 0.6) is 0 Å². The van der Waals surface area contributed by atoms with Crippen LogP contribution in [0.2, 0.25) is 0 Å². The van der Waals surface area contributed by atoms with E-state index in [0.29, 0.717) is 63.2 Å². The zero-order valence-electron chi connectivity index (χ0n) is 30.4. The topological polar surface area (TPSA) is 150 Å². The zero-order chi connectivity index (χ0) is 37.2. The summed E-state index contributed by atoms with van der Waals surface area (Å²) in [5, 5.41) is 9.20. The van der Waals surface area contributed by atoms with E-state index in [1.54, 1.807) is 16.0 Å². The summed E-state index contributed by atoms with van der Waals surface area (Å²) in [6.45, 7) is 3.57. The maximum absolute atomic E-state index is 14.7. The van der Waals surface area contributed by atoms with E-state index in [1.165, 1.54) is 0 Å². The molecule has 53 heavy (non-hydrogen) atoms. The van der Waals surface area contributed by atoms with Crippen molar-refractivity contribution in [2.24, 2.45) is 11.1 Å². The Labute approximate surface area is 310 Å². The first-order chi connectivity index (χ1) is 25.7. The van der Waals surface area contributed by atoms with Crippen molar-refractivity contribution in [2.75, 3.05) is 37.3 Å². The molecule has 3 heterocycles. The molecule has 1 spiro atoms. The number of carbonyl (C=O) groups is 4. The number of hydrogen-bond donors (Lipinski definition) is 4. The molecule has 1 aromatic heterocycles. The first kappa shape index (κ1) is 36.0. The number of piperidine rings is 1. The number of likely N-dealkylation sites (tertiary alicyclic amines) is 1. The smallest absolute Gasteiger partial charge is 0.244 e. The lowest BCUT2D eigenvalue weighted by atomic mass is 9.74. The van der Waals surface area contributed by atoms with Gasteiger partial charge in [-0.2, -0.15) is 0 Å². The number of nitrogens with zero attached hydrogens (tertiary/aromatic N) is 3. The highest BCUT2D eigenvalue weighted by Gasteiger charge is 2.51. The van der Waals surface area contributed by atoms with Crippen molar-refractivity contribution < 1.29 is 19.2 Å². The van der Waals surface area contributed by atoms with Crippen LogP contribution < -0.4 is 21.7 Å². The van der Waals surface area contributed by atoms with Gasteiger partial charge in [0.25, 0.3) is 0 Å². The summed E-state index contributed by atoms with van der Waals surface area (Å²) >= 11 is 0. The van der Waals surface area contributed by atoms with Crippen molar-refractivity contribution in [1.29, 1.82) is 0 Å². The Hall–Kier alpha value is -5.39. The summed E-state index contributed by atoms with van der Waals surface area (Å²) in [4.78, 5) is 63.0. The molecular formula is C42H47N7O4. The maximum Gasteiger partial charge on any atom is 0.244 e. The quantitative estimate of drug-likeness (QED) is 0.179. The van der Waals surface area contributed by atoms with Crippen molar-refractivity contribution >= 4 is 35.1 Å². The Morgan fingerprint density at radius 3 is 2.40 bits per heavy atom. The minimum atomic E-state index is -0.766. The van der Waals surface area contributed by atoms with Gasteiger partial charge in [-0.3, -0.25) is 19.2 Å². The molecule has 7 rings (SSSR count). The summed E-state index contributed by atoms with van der Waals surface area (Å²) in [7, 11) is 1.88. The van der Waals surface area contributed by atoms with Crippen molar-refractivity contribution in [1.82, 2.24) is 20.1 Å². The molecule has 0 radical (unpaired) electrons. The Kier molecular flexibility index (Phi) is 10.1. The molecule has 4 aromatic rings. The molecule has 274 valence electrons. The van der Waals surface area contributed by atoms with Crippen LogP contribution in [0, 0.1) is 5.41 Å². The van der Waals surface area contributed by atoms with Gasteiger partial charge in [0, 0.05) is 43.6 Å². The van der Waals surface area contributed by atoms with Crippen LogP contribution in [-0.4, -0.2) is 65.1 Å². The van der Waals surface area contributed by atoms with Gasteiger partial charge in [0.15, 0.2) is 0 Å². The molecular weight excluding hydrogens is 667 g/mol. The van der Waals surface area contributed by atoms with Crippen molar-refractivity contribution in [2.45, 2.75) is 63.6 Å². The first-order valence-corrected chi connectivity index (χ1v) is 18.4. The number of nitrogens with two attached hydrogens (primary N) is 1. The minimum Gasteiger partial charge on any atom is -0.341 e. The third-order valence-corrected chi connectivity index (χ3v) is 11.5. The molecule has 11 heteroatoms. The summed E-state index contributed by atoms with van der Waals surface area (Å²) in [5.41, 5.74) is 11.3. The maximum atomic E-state index is 14.7. The van der Waals surface area contributed by atoms with E-state index in [2.05, 4.69) is 20.9 Å². The van der Waals surface area contributed by atoms with E-state index in [0.717, 1.165) is 33.4 Å². The highest BCUT2D eigenvalue weighted by molar-refractivity contribution is 6.06. The number of amides is 4. The lowest BCUT2D eigenvalue weighted by Crippen LogP contribution is -2.53. The fourth-order valence-electron chi connectivity index (χ4n) is 8.41. The second kappa shape index (κ2) is 14.9. The van der Waals surface area contributed by atoms with E-state index in [1.807, 2.05) is 98.9 Å². The van der Waals surface area contributed by atoms with Gasteiger partial charge in [-0.15, -0.1) is 0 Å².